The highest BCUT2D eigenvalue weighted by atomic mass is 16.2. The lowest BCUT2D eigenvalue weighted by atomic mass is 9.75. The van der Waals surface area contributed by atoms with Gasteiger partial charge in [-0.15, -0.1) is 5.10 Å². The molecule has 4 atom stereocenters. The molecule has 0 spiro atoms. The minimum absolute atomic E-state index is 0.0890. The number of fused-ring (bicyclic) bond motifs is 3. The Bertz CT molecular complexity index is 759. The number of aromatic nitrogens is 3. The number of hydrogen-bond donors (Lipinski definition) is 1. The molecule has 0 aliphatic carbocycles. The van der Waals surface area contributed by atoms with Crippen LogP contribution in [-0.4, -0.2) is 44.9 Å². The Balaban J connectivity index is 1.34. The first-order valence-corrected chi connectivity index (χ1v) is 10.2. The molecule has 0 saturated carbocycles. The highest BCUT2D eigenvalue weighted by Crippen LogP contribution is 2.37. The van der Waals surface area contributed by atoms with Crippen molar-refractivity contribution in [1.29, 1.82) is 0 Å². The van der Waals surface area contributed by atoms with Crippen LogP contribution in [0, 0.1) is 11.8 Å². The summed E-state index contributed by atoms with van der Waals surface area (Å²) in [4.78, 5) is 15.2. The molecule has 3 fully saturated rings. The molecule has 144 valence electrons. The van der Waals surface area contributed by atoms with Crippen molar-refractivity contribution < 1.29 is 4.79 Å². The van der Waals surface area contributed by atoms with E-state index in [2.05, 4.69) is 33.6 Å². The predicted molar refractivity (Wildman–Crippen MR) is 105 cm³/mol. The zero-order chi connectivity index (χ0) is 18.6. The van der Waals surface area contributed by atoms with Crippen LogP contribution in [0.2, 0.25) is 0 Å². The molecule has 1 amide bonds. The van der Waals surface area contributed by atoms with Gasteiger partial charge in [-0.2, -0.15) is 0 Å². The Labute approximate surface area is 160 Å². The summed E-state index contributed by atoms with van der Waals surface area (Å²) >= 11 is 0. The van der Waals surface area contributed by atoms with Gasteiger partial charge in [-0.25, -0.2) is 0 Å². The van der Waals surface area contributed by atoms with Gasteiger partial charge in [0.2, 0.25) is 5.91 Å². The van der Waals surface area contributed by atoms with Crippen LogP contribution >= 0.6 is 0 Å². The molecule has 3 aliphatic rings. The van der Waals surface area contributed by atoms with E-state index in [1.165, 1.54) is 6.42 Å². The number of rotatable bonds is 7. The second-order valence-corrected chi connectivity index (χ2v) is 7.93. The van der Waals surface area contributed by atoms with Gasteiger partial charge >= 0.3 is 0 Å². The van der Waals surface area contributed by atoms with Crippen molar-refractivity contribution >= 4 is 11.6 Å². The lowest BCUT2D eigenvalue weighted by Gasteiger charge is -2.49. The molecule has 27 heavy (non-hydrogen) atoms. The van der Waals surface area contributed by atoms with Gasteiger partial charge in [0.15, 0.2) is 0 Å². The first-order valence-electron chi connectivity index (χ1n) is 10.2. The quantitative estimate of drug-likeness (QED) is 0.817. The van der Waals surface area contributed by atoms with E-state index in [9.17, 15) is 4.79 Å². The summed E-state index contributed by atoms with van der Waals surface area (Å²) < 4.78 is 2.00. The standard InChI is InChI=1S/C21H29N5O/c1-2-3-7-18-13-26(24-23-18)14-19-12-16-10-11-25(19)15-20(16)21(27)22-17-8-5-4-6-9-17/h4-6,8-9,13,16,19-20H,2-3,7,10-12,14-15H2,1H3,(H,22,27)/t16-,19-,20+/m1/s1. The van der Waals surface area contributed by atoms with Gasteiger partial charge in [-0.3, -0.25) is 14.4 Å². The maximum atomic E-state index is 12.8. The maximum Gasteiger partial charge on any atom is 0.229 e. The molecule has 0 radical (unpaired) electrons. The van der Waals surface area contributed by atoms with E-state index >= 15 is 0 Å². The molecule has 2 aromatic rings. The lowest BCUT2D eigenvalue weighted by molar-refractivity contribution is -0.127. The van der Waals surface area contributed by atoms with Crippen molar-refractivity contribution in [1.82, 2.24) is 19.9 Å². The number of nitrogens with zero attached hydrogens (tertiary/aromatic N) is 4. The van der Waals surface area contributed by atoms with Crippen molar-refractivity contribution in [3.05, 3.63) is 42.2 Å². The van der Waals surface area contributed by atoms with E-state index in [0.29, 0.717) is 12.0 Å². The Kier molecular flexibility index (Phi) is 5.53. The van der Waals surface area contributed by atoms with Crippen LogP contribution in [0.25, 0.3) is 0 Å². The third-order valence-corrected chi connectivity index (χ3v) is 6.03. The van der Waals surface area contributed by atoms with Crippen LogP contribution in [0.3, 0.4) is 0 Å². The van der Waals surface area contributed by atoms with Gasteiger partial charge in [0.1, 0.15) is 0 Å². The maximum absolute atomic E-state index is 12.8. The summed E-state index contributed by atoms with van der Waals surface area (Å²) in [6.07, 6.45) is 7.62. The predicted octanol–water partition coefficient (Wildman–Crippen LogP) is 2.97. The number of carbonyl (C=O) groups is 1. The summed E-state index contributed by atoms with van der Waals surface area (Å²) in [6.45, 7) is 5.01. The largest absolute Gasteiger partial charge is 0.326 e. The highest BCUT2D eigenvalue weighted by molar-refractivity contribution is 5.93. The van der Waals surface area contributed by atoms with E-state index in [4.69, 9.17) is 0 Å². The van der Waals surface area contributed by atoms with Gasteiger partial charge < -0.3 is 5.32 Å². The Hall–Kier alpha value is -2.21. The summed E-state index contributed by atoms with van der Waals surface area (Å²) in [5.74, 6) is 0.717. The molecule has 6 nitrogen and oxygen atoms in total. The first-order chi connectivity index (χ1) is 13.2. The molecule has 5 rings (SSSR count). The van der Waals surface area contributed by atoms with Crippen LogP contribution in [0.1, 0.15) is 38.3 Å². The van der Waals surface area contributed by atoms with Gasteiger partial charge in [-0.05, 0) is 50.3 Å². The number of benzene rings is 1. The molecule has 4 heterocycles. The SMILES string of the molecule is CCCCc1cn(C[C@H]2C[C@H]3CCN2C[C@@H]3C(=O)Nc2ccccc2)nn1. The number of anilines is 1. The fourth-order valence-electron chi connectivity index (χ4n) is 4.50. The molecule has 2 bridgehead atoms. The average Bonchev–Trinajstić information content (AvgIpc) is 3.15. The monoisotopic (exact) mass is 367 g/mol. The summed E-state index contributed by atoms with van der Waals surface area (Å²) in [5.41, 5.74) is 1.98. The van der Waals surface area contributed by atoms with Gasteiger partial charge in [0.25, 0.3) is 0 Å². The van der Waals surface area contributed by atoms with Crippen LogP contribution in [0.4, 0.5) is 5.69 Å². The van der Waals surface area contributed by atoms with Gasteiger partial charge in [-0.1, -0.05) is 36.8 Å². The molecule has 3 saturated heterocycles. The minimum atomic E-state index is 0.0890. The zero-order valence-corrected chi connectivity index (χ0v) is 16.1. The molecule has 1 aromatic heterocycles. The Morgan fingerprint density at radius 1 is 1.30 bits per heavy atom. The normalized spacial score (nSPS) is 26.9. The molecule has 1 unspecified atom stereocenters. The summed E-state index contributed by atoms with van der Waals surface area (Å²) in [5, 5.41) is 11.7. The molecule has 1 N–H and O–H groups in total. The molecule has 1 aromatic carbocycles. The van der Waals surface area contributed by atoms with E-state index in [-0.39, 0.29) is 11.8 Å². The van der Waals surface area contributed by atoms with Crippen molar-refractivity contribution in [3.8, 4) is 0 Å². The topological polar surface area (TPSA) is 63.1 Å². The number of hydrogen-bond acceptors (Lipinski definition) is 4. The number of unbranched alkanes of at least 4 members (excludes halogenated alkanes) is 1. The van der Waals surface area contributed by atoms with Crippen molar-refractivity contribution in [2.24, 2.45) is 11.8 Å². The third-order valence-electron chi connectivity index (χ3n) is 6.03. The van der Waals surface area contributed by atoms with Gasteiger partial charge in [0.05, 0.1) is 18.2 Å². The first kappa shape index (κ1) is 18.2. The van der Waals surface area contributed by atoms with E-state index in [1.54, 1.807) is 0 Å². The second-order valence-electron chi connectivity index (χ2n) is 7.93. The summed E-state index contributed by atoms with van der Waals surface area (Å²) in [6, 6.07) is 10.2. The fourth-order valence-corrected chi connectivity index (χ4v) is 4.50. The third kappa shape index (κ3) is 4.21. The van der Waals surface area contributed by atoms with Crippen molar-refractivity contribution in [2.45, 2.75) is 51.6 Å². The van der Waals surface area contributed by atoms with Crippen molar-refractivity contribution in [3.63, 3.8) is 0 Å². The fraction of sp³-hybridized carbons (Fsp3) is 0.571. The number of aryl methyl sites for hydroxylation is 1. The highest BCUT2D eigenvalue weighted by Gasteiger charge is 2.43. The Morgan fingerprint density at radius 2 is 2.15 bits per heavy atom. The Morgan fingerprint density at radius 3 is 2.89 bits per heavy atom. The number of nitrogens with one attached hydrogen (secondary N) is 1. The smallest absolute Gasteiger partial charge is 0.229 e. The van der Waals surface area contributed by atoms with Crippen LogP contribution in [0.15, 0.2) is 36.5 Å². The minimum Gasteiger partial charge on any atom is -0.326 e. The van der Waals surface area contributed by atoms with E-state index in [1.807, 2.05) is 35.0 Å². The van der Waals surface area contributed by atoms with Crippen LogP contribution < -0.4 is 5.32 Å². The number of amides is 1. The number of carbonyl (C=O) groups excluding carboxylic acids is 1. The molecule has 6 heteroatoms. The van der Waals surface area contributed by atoms with Crippen molar-refractivity contribution in [2.75, 3.05) is 18.4 Å². The summed E-state index contributed by atoms with van der Waals surface area (Å²) in [7, 11) is 0. The molecular weight excluding hydrogens is 338 g/mol. The molecular formula is C21H29N5O. The lowest BCUT2D eigenvalue weighted by Crippen LogP contribution is -2.57. The van der Waals surface area contributed by atoms with E-state index in [0.717, 1.165) is 56.7 Å². The second kappa shape index (κ2) is 8.21. The number of para-hydroxylation sites is 1. The van der Waals surface area contributed by atoms with Gasteiger partial charge in [0, 0.05) is 24.5 Å². The zero-order valence-electron chi connectivity index (χ0n) is 16.1. The average molecular weight is 367 g/mol. The van der Waals surface area contributed by atoms with Crippen LogP contribution in [-0.2, 0) is 17.8 Å². The molecule has 3 aliphatic heterocycles. The van der Waals surface area contributed by atoms with Crippen LogP contribution in [0.5, 0.6) is 0 Å². The number of piperidine rings is 3. The van der Waals surface area contributed by atoms with E-state index < -0.39 is 0 Å².